The zero-order chi connectivity index (χ0) is 13.5. The van der Waals surface area contributed by atoms with Crippen LogP contribution in [0, 0.1) is 5.92 Å². The van der Waals surface area contributed by atoms with Gasteiger partial charge in [-0.05, 0) is 26.7 Å². The molecule has 0 saturated heterocycles. The third-order valence-electron chi connectivity index (χ3n) is 3.37. The Labute approximate surface area is 108 Å². The van der Waals surface area contributed by atoms with Gasteiger partial charge in [0.25, 0.3) is 0 Å². The summed E-state index contributed by atoms with van der Waals surface area (Å²) in [6.07, 6.45) is 3.30. The van der Waals surface area contributed by atoms with E-state index < -0.39 is 0 Å². The summed E-state index contributed by atoms with van der Waals surface area (Å²) in [5, 5.41) is 0. The van der Waals surface area contributed by atoms with Crippen molar-refractivity contribution in [1.29, 1.82) is 0 Å². The molecule has 5 heteroatoms. The molecule has 0 radical (unpaired) electrons. The Hall–Kier alpha value is -1.26. The number of amides is 1. The lowest BCUT2D eigenvalue weighted by Crippen LogP contribution is -2.46. The summed E-state index contributed by atoms with van der Waals surface area (Å²) < 4.78 is 10.1. The van der Waals surface area contributed by atoms with Gasteiger partial charge in [0.1, 0.15) is 0 Å². The van der Waals surface area contributed by atoms with Crippen molar-refractivity contribution in [3.05, 3.63) is 0 Å². The van der Waals surface area contributed by atoms with Crippen LogP contribution in [0.3, 0.4) is 0 Å². The minimum atomic E-state index is -0.362. The van der Waals surface area contributed by atoms with Crippen molar-refractivity contribution < 1.29 is 19.1 Å². The number of carbonyl (C=O) groups excluding carboxylic acids is 2. The summed E-state index contributed by atoms with van der Waals surface area (Å²) in [4.78, 5) is 25.2. The third-order valence-corrected chi connectivity index (χ3v) is 3.37. The molecule has 0 heterocycles. The van der Waals surface area contributed by atoms with E-state index in [4.69, 9.17) is 9.47 Å². The fraction of sp³-hybridized carbons (Fsp3) is 0.846. The number of ether oxygens (including phenoxy) is 2. The molecule has 5 nitrogen and oxygen atoms in total. The van der Waals surface area contributed by atoms with Crippen molar-refractivity contribution >= 4 is 12.1 Å². The first-order valence-corrected chi connectivity index (χ1v) is 6.68. The highest BCUT2D eigenvalue weighted by molar-refractivity contribution is 5.75. The first-order chi connectivity index (χ1) is 8.61. The quantitative estimate of drug-likeness (QED) is 0.724. The molecule has 1 aliphatic carbocycles. The second-order valence-electron chi connectivity index (χ2n) is 4.52. The van der Waals surface area contributed by atoms with Gasteiger partial charge >= 0.3 is 12.1 Å². The molecule has 2 unspecified atom stereocenters. The average Bonchev–Trinajstić information content (AvgIpc) is 2.38. The second kappa shape index (κ2) is 7.24. The van der Waals surface area contributed by atoms with Crippen molar-refractivity contribution in [3.8, 4) is 0 Å². The van der Waals surface area contributed by atoms with Crippen molar-refractivity contribution in [3.63, 3.8) is 0 Å². The molecule has 1 saturated carbocycles. The summed E-state index contributed by atoms with van der Waals surface area (Å²) in [7, 11) is 1.69. The van der Waals surface area contributed by atoms with E-state index in [2.05, 4.69) is 0 Å². The standard InChI is InChI=1S/C13H23NO4/c1-4-17-12(15)10-8-6-7-9-11(10)14(3)13(16)18-5-2/h10-11H,4-9H2,1-3H3. The minimum Gasteiger partial charge on any atom is -0.466 e. The van der Waals surface area contributed by atoms with Crippen LogP contribution in [0.5, 0.6) is 0 Å². The van der Waals surface area contributed by atoms with Gasteiger partial charge in [0.2, 0.25) is 0 Å². The maximum Gasteiger partial charge on any atom is 0.409 e. The van der Waals surface area contributed by atoms with E-state index in [1.807, 2.05) is 0 Å². The maximum atomic E-state index is 11.9. The lowest BCUT2D eigenvalue weighted by molar-refractivity contribution is -0.151. The summed E-state index contributed by atoms with van der Waals surface area (Å²) >= 11 is 0. The Bertz CT molecular complexity index is 293. The predicted octanol–water partition coefficient (Wildman–Crippen LogP) is 2.20. The molecule has 0 aromatic carbocycles. The predicted molar refractivity (Wildman–Crippen MR) is 67.2 cm³/mol. The number of esters is 1. The van der Waals surface area contributed by atoms with Gasteiger partial charge in [0.05, 0.1) is 19.1 Å². The molecule has 1 fully saturated rings. The highest BCUT2D eigenvalue weighted by atomic mass is 16.6. The topological polar surface area (TPSA) is 55.8 Å². The van der Waals surface area contributed by atoms with Crippen LogP contribution in [0.25, 0.3) is 0 Å². The van der Waals surface area contributed by atoms with Gasteiger partial charge < -0.3 is 14.4 Å². The monoisotopic (exact) mass is 257 g/mol. The van der Waals surface area contributed by atoms with E-state index in [0.717, 1.165) is 25.7 Å². The van der Waals surface area contributed by atoms with Gasteiger partial charge in [-0.2, -0.15) is 0 Å². The summed E-state index contributed by atoms with van der Waals surface area (Å²) in [6, 6.07) is -0.100. The molecule has 104 valence electrons. The fourth-order valence-corrected chi connectivity index (χ4v) is 2.46. The molecule has 0 aromatic rings. The van der Waals surface area contributed by atoms with Gasteiger partial charge in [-0.1, -0.05) is 12.8 Å². The van der Waals surface area contributed by atoms with Gasteiger partial charge in [-0.15, -0.1) is 0 Å². The SMILES string of the molecule is CCOC(=O)C1CCCCC1N(C)C(=O)OCC. The van der Waals surface area contributed by atoms with E-state index in [1.54, 1.807) is 25.8 Å². The van der Waals surface area contributed by atoms with Crippen LogP contribution >= 0.6 is 0 Å². The molecular weight excluding hydrogens is 234 g/mol. The summed E-state index contributed by atoms with van der Waals surface area (Å²) in [5.74, 6) is -0.411. The van der Waals surface area contributed by atoms with Gasteiger partial charge in [-0.25, -0.2) is 4.79 Å². The Morgan fingerprint density at radius 2 is 1.72 bits per heavy atom. The van der Waals surface area contributed by atoms with Gasteiger partial charge in [0, 0.05) is 13.1 Å². The largest absolute Gasteiger partial charge is 0.466 e. The lowest BCUT2D eigenvalue weighted by atomic mass is 9.84. The number of hydrogen-bond donors (Lipinski definition) is 0. The van der Waals surface area contributed by atoms with Crippen LogP contribution in [0.1, 0.15) is 39.5 Å². The van der Waals surface area contributed by atoms with Crippen LogP contribution in [0.2, 0.25) is 0 Å². The fourth-order valence-electron chi connectivity index (χ4n) is 2.46. The number of hydrogen-bond acceptors (Lipinski definition) is 4. The molecule has 1 aliphatic rings. The number of rotatable bonds is 4. The highest BCUT2D eigenvalue weighted by Crippen LogP contribution is 2.29. The van der Waals surface area contributed by atoms with E-state index in [9.17, 15) is 9.59 Å². The zero-order valence-corrected chi connectivity index (χ0v) is 11.5. The molecule has 1 rings (SSSR count). The first-order valence-electron chi connectivity index (χ1n) is 6.68. The van der Waals surface area contributed by atoms with E-state index in [1.165, 1.54) is 0 Å². The Kier molecular flexibility index (Phi) is 5.95. The molecule has 0 aromatic heterocycles. The lowest BCUT2D eigenvalue weighted by Gasteiger charge is -2.35. The van der Waals surface area contributed by atoms with Crippen molar-refractivity contribution in [2.24, 2.45) is 5.92 Å². The van der Waals surface area contributed by atoms with Crippen LogP contribution in [-0.2, 0) is 14.3 Å². The van der Waals surface area contributed by atoms with Crippen molar-refractivity contribution in [2.75, 3.05) is 20.3 Å². The smallest absolute Gasteiger partial charge is 0.409 e. The second-order valence-corrected chi connectivity index (χ2v) is 4.52. The molecule has 2 atom stereocenters. The summed E-state index contributed by atoms with van der Waals surface area (Å²) in [6.45, 7) is 4.30. The summed E-state index contributed by atoms with van der Waals surface area (Å²) in [5.41, 5.74) is 0. The molecule has 0 spiro atoms. The van der Waals surface area contributed by atoms with Gasteiger partial charge in [-0.3, -0.25) is 4.79 Å². The Morgan fingerprint density at radius 3 is 2.33 bits per heavy atom. The first kappa shape index (κ1) is 14.8. The van der Waals surface area contributed by atoms with E-state index in [-0.39, 0.29) is 24.0 Å². The molecule has 0 N–H and O–H groups in total. The maximum absolute atomic E-state index is 11.9. The highest BCUT2D eigenvalue weighted by Gasteiger charge is 2.36. The third kappa shape index (κ3) is 3.62. The normalized spacial score (nSPS) is 23.3. The average molecular weight is 257 g/mol. The number of nitrogens with zero attached hydrogens (tertiary/aromatic N) is 1. The van der Waals surface area contributed by atoms with E-state index in [0.29, 0.717) is 13.2 Å². The zero-order valence-electron chi connectivity index (χ0n) is 11.5. The molecule has 18 heavy (non-hydrogen) atoms. The number of carbonyl (C=O) groups is 2. The van der Waals surface area contributed by atoms with Crippen LogP contribution < -0.4 is 0 Å². The van der Waals surface area contributed by atoms with Gasteiger partial charge in [0.15, 0.2) is 0 Å². The van der Waals surface area contributed by atoms with E-state index >= 15 is 0 Å². The van der Waals surface area contributed by atoms with Crippen LogP contribution in [0.15, 0.2) is 0 Å². The Morgan fingerprint density at radius 1 is 1.11 bits per heavy atom. The van der Waals surface area contributed by atoms with Crippen molar-refractivity contribution in [1.82, 2.24) is 4.90 Å². The van der Waals surface area contributed by atoms with Crippen LogP contribution in [0.4, 0.5) is 4.79 Å². The van der Waals surface area contributed by atoms with Crippen LogP contribution in [-0.4, -0.2) is 43.3 Å². The minimum absolute atomic E-state index is 0.100. The molecular formula is C13H23NO4. The van der Waals surface area contributed by atoms with Crippen molar-refractivity contribution in [2.45, 2.75) is 45.6 Å². The molecule has 0 aliphatic heterocycles. The molecule has 1 amide bonds. The Balaban J connectivity index is 2.69. The molecule has 0 bridgehead atoms.